The van der Waals surface area contributed by atoms with Gasteiger partial charge in [0.1, 0.15) is 6.54 Å². The summed E-state index contributed by atoms with van der Waals surface area (Å²) in [7, 11) is 1.98. The van der Waals surface area contributed by atoms with Crippen molar-refractivity contribution in [1.29, 1.82) is 0 Å². The molecule has 6 heteroatoms. The van der Waals surface area contributed by atoms with Gasteiger partial charge in [-0.1, -0.05) is 6.08 Å². The van der Waals surface area contributed by atoms with Gasteiger partial charge in [0.2, 0.25) is 5.91 Å². The summed E-state index contributed by atoms with van der Waals surface area (Å²) in [5.41, 5.74) is -0.221. The molecule has 0 aliphatic heterocycles. The zero-order valence-electron chi connectivity index (χ0n) is 14.0. The molecule has 21 heavy (non-hydrogen) atoms. The number of hydrogen-bond acceptors (Lipinski definition) is 2. The Labute approximate surface area is 146 Å². The van der Waals surface area contributed by atoms with Crippen molar-refractivity contribution in [3.63, 3.8) is 0 Å². The summed E-state index contributed by atoms with van der Waals surface area (Å²) in [6.07, 6.45) is 3.92. The minimum atomic E-state index is -0.221. The summed E-state index contributed by atoms with van der Waals surface area (Å²) in [5, 5.41) is 6.10. The average molecular weight is 410 g/mol. The maximum atomic E-state index is 11.8. The van der Waals surface area contributed by atoms with Gasteiger partial charge in [0.25, 0.3) is 0 Å². The van der Waals surface area contributed by atoms with E-state index in [4.69, 9.17) is 0 Å². The largest absolute Gasteiger partial charge is 0.357 e. The average Bonchev–Trinajstić information content (AvgIpc) is 2.32. The Morgan fingerprint density at radius 3 is 2.48 bits per heavy atom. The zero-order valence-corrected chi connectivity index (χ0v) is 16.4. The molecule has 0 rings (SSSR count). The molecule has 0 saturated heterocycles. The van der Waals surface area contributed by atoms with Crippen molar-refractivity contribution < 1.29 is 4.79 Å². The van der Waals surface area contributed by atoms with E-state index < -0.39 is 0 Å². The van der Waals surface area contributed by atoms with Crippen molar-refractivity contribution in [3.8, 4) is 0 Å². The normalized spacial score (nSPS) is 11.4. The first-order valence-electron chi connectivity index (χ1n) is 7.21. The van der Waals surface area contributed by atoms with E-state index in [-0.39, 0.29) is 42.0 Å². The Bertz CT molecular complexity index is 337. The summed E-state index contributed by atoms with van der Waals surface area (Å²) < 4.78 is 0. The van der Waals surface area contributed by atoms with E-state index in [9.17, 15) is 4.79 Å². The Balaban J connectivity index is 0. The van der Waals surface area contributed by atoms with Gasteiger partial charge in [-0.3, -0.25) is 4.79 Å². The van der Waals surface area contributed by atoms with Crippen molar-refractivity contribution in [2.45, 2.75) is 46.1 Å². The fourth-order valence-electron chi connectivity index (χ4n) is 1.65. The Morgan fingerprint density at radius 1 is 1.38 bits per heavy atom. The van der Waals surface area contributed by atoms with Crippen LogP contribution in [0.4, 0.5) is 0 Å². The van der Waals surface area contributed by atoms with Gasteiger partial charge in [0.05, 0.1) is 0 Å². The first-order valence-corrected chi connectivity index (χ1v) is 7.21. The molecular formula is C15H31IN4O. The van der Waals surface area contributed by atoms with Crippen LogP contribution in [-0.4, -0.2) is 49.0 Å². The van der Waals surface area contributed by atoms with E-state index in [1.807, 2.05) is 45.7 Å². The minimum Gasteiger partial charge on any atom is -0.357 e. The summed E-state index contributed by atoms with van der Waals surface area (Å²) in [6.45, 7) is 13.4. The molecule has 0 spiro atoms. The number of nitrogens with zero attached hydrogens (tertiary/aromatic N) is 2. The molecule has 0 fully saturated rings. The molecule has 0 aliphatic rings. The number of halogens is 1. The maximum Gasteiger partial charge on any atom is 0.242 e. The van der Waals surface area contributed by atoms with Crippen LogP contribution in [0.15, 0.2) is 17.6 Å². The van der Waals surface area contributed by atoms with Crippen molar-refractivity contribution >= 4 is 35.8 Å². The van der Waals surface area contributed by atoms with Gasteiger partial charge in [-0.15, -0.1) is 30.6 Å². The third-order valence-corrected chi connectivity index (χ3v) is 2.49. The number of carbonyl (C=O) groups is 1. The Kier molecular flexibility index (Phi) is 12.7. The van der Waals surface area contributed by atoms with E-state index in [0.717, 1.165) is 31.9 Å². The van der Waals surface area contributed by atoms with E-state index in [0.29, 0.717) is 0 Å². The van der Waals surface area contributed by atoms with Crippen LogP contribution in [0.5, 0.6) is 0 Å². The van der Waals surface area contributed by atoms with Crippen molar-refractivity contribution in [1.82, 2.24) is 15.5 Å². The number of allylic oxidation sites excluding steroid dienone is 1. The molecule has 0 aromatic rings. The molecule has 1 amide bonds. The monoisotopic (exact) mass is 410 g/mol. The van der Waals surface area contributed by atoms with Crippen molar-refractivity contribution in [3.05, 3.63) is 12.7 Å². The van der Waals surface area contributed by atoms with Crippen LogP contribution in [0.2, 0.25) is 0 Å². The van der Waals surface area contributed by atoms with Gasteiger partial charge in [0, 0.05) is 25.7 Å². The standard InChI is InChI=1S/C15H30N4O.HI/c1-7-9-10-11-19(6)14(16-8-2)17-12-13(20)18-15(3,4)5;/h7H,1,8-12H2,2-6H3,(H,16,17)(H,18,20);1H. The summed E-state index contributed by atoms with van der Waals surface area (Å²) in [5.74, 6) is 0.702. The highest BCUT2D eigenvalue weighted by Gasteiger charge is 2.13. The molecule has 5 nitrogen and oxygen atoms in total. The number of rotatable bonds is 7. The fourth-order valence-corrected chi connectivity index (χ4v) is 1.65. The second-order valence-electron chi connectivity index (χ2n) is 5.82. The highest BCUT2D eigenvalue weighted by Crippen LogP contribution is 1.98. The lowest BCUT2D eigenvalue weighted by atomic mass is 10.1. The first kappa shape index (κ1) is 22.5. The second kappa shape index (κ2) is 11.8. The molecule has 0 radical (unpaired) electrons. The number of unbranched alkanes of at least 4 members (excludes halogenated alkanes) is 1. The lowest BCUT2D eigenvalue weighted by Gasteiger charge is -2.23. The lowest BCUT2D eigenvalue weighted by Crippen LogP contribution is -2.43. The molecule has 0 aromatic carbocycles. The maximum absolute atomic E-state index is 11.8. The molecule has 0 aliphatic carbocycles. The van der Waals surface area contributed by atoms with Crippen LogP contribution in [-0.2, 0) is 4.79 Å². The molecule has 0 aromatic heterocycles. The quantitative estimate of drug-likeness (QED) is 0.223. The predicted octanol–water partition coefficient (Wildman–Crippen LogP) is 2.38. The van der Waals surface area contributed by atoms with Crippen LogP contribution in [0, 0.1) is 0 Å². The number of carbonyl (C=O) groups excluding carboxylic acids is 1. The molecule has 0 unspecified atom stereocenters. The number of guanidine groups is 1. The fraction of sp³-hybridized carbons (Fsp3) is 0.733. The van der Waals surface area contributed by atoms with Gasteiger partial charge in [-0.05, 0) is 40.5 Å². The molecule has 0 atom stereocenters. The molecule has 0 heterocycles. The molecule has 0 bridgehead atoms. The van der Waals surface area contributed by atoms with Crippen LogP contribution in [0.3, 0.4) is 0 Å². The lowest BCUT2D eigenvalue weighted by molar-refractivity contribution is -0.121. The number of aliphatic imine (C=N–C) groups is 1. The highest BCUT2D eigenvalue weighted by molar-refractivity contribution is 14.0. The van der Waals surface area contributed by atoms with Gasteiger partial charge in [-0.2, -0.15) is 0 Å². The van der Waals surface area contributed by atoms with Crippen LogP contribution < -0.4 is 10.6 Å². The third kappa shape index (κ3) is 12.6. The van der Waals surface area contributed by atoms with Crippen LogP contribution in [0.1, 0.15) is 40.5 Å². The molecular weight excluding hydrogens is 379 g/mol. The predicted molar refractivity (Wildman–Crippen MR) is 101 cm³/mol. The van der Waals surface area contributed by atoms with Gasteiger partial charge < -0.3 is 15.5 Å². The van der Waals surface area contributed by atoms with E-state index >= 15 is 0 Å². The van der Waals surface area contributed by atoms with Crippen molar-refractivity contribution in [2.75, 3.05) is 26.7 Å². The smallest absolute Gasteiger partial charge is 0.242 e. The Morgan fingerprint density at radius 2 is 2.00 bits per heavy atom. The van der Waals surface area contributed by atoms with Crippen LogP contribution in [0.25, 0.3) is 0 Å². The number of amides is 1. The number of hydrogen-bond donors (Lipinski definition) is 2. The summed E-state index contributed by atoms with van der Waals surface area (Å²) >= 11 is 0. The topological polar surface area (TPSA) is 56.7 Å². The number of nitrogens with one attached hydrogen (secondary N) is 2. The minimum absolute atomic E-state index is 0. The molecule has 2 N–H and O–H groups in total. The molecule has 124 valence electrons. The van der Waals surface area contributed by atoms with Crippen LogP contribution >= 0.6 is 24.0 Å². The zero-order chi connectivity index (χ0) is 15.6. The molecule has 0 saturated carbocycles. The van der Waals surface area contributed by atoms with E-state index in [1.54, 1.807) is 0 Å². The summed E-state index contributed by atoms with van der Waals surface area (Å²) in [4.78, 5) is 18.2. The second-order valence-corrected chi connectivity index (χ2v) is 5.82. The van der Waals surface area contributed by atoms with E-state index in [2.05, 4.69) is 22.2 Å². The highest BCUT2D eigenvalue weighted by atomic mass is 127. The first-order chi connectivity index (χ1) is 9.30. The SMILES string of the molecule is C=CCCCN(C)C(=NCC(=O)NC(C)(C)C)NCC.I. The van der Waals surface area contributed by atoms with Gasteiger partial charge >= 0.3 is 0 Å². The van der Waals surface area contributed by atoms with Crippen molar-refractivity contribution in [2.24, 2.45) is 4.99 Å². The van der Waals surface area contributed by atoms with Gasteiger partial charge in [0.15, 0.2) is 5.96 Å². The third-order valence-electron chi connectivity index (χ3n) is 2.49. The Hall–Kier alpha value is -0.790. The summed E-state index contributed by atoms with van der Waals surface area (Å²) in [6, 6.07) is 0. The van der Waals surface area contributed by atoms with Gasteiger partial charge in [-0.25, -0.2) is 4.99 Å². The van der Waals surface area contributed by atoms with E-state index in [1.165, 1.54) is 0 Å².